The lowest BCUT2D eigenvalue weighted by Gasteiger charge is -2.38. The van der Waals surface area contributed by atoms with Crippen LogP contribution in [0.5, 0.6) is 0 Å². The molecule has 3 heterocycles. The Labute approximate surface area is 253 Å². The number of nitrogens with zero attached hydrogens (tertiary/aromatic N) is 5. The number of pyridine rings is 1. The lowest BCUT2D eigenvalue weighted by Crippen LogP contribution is -2.47. The number of carbonyl (C=O) groups excluding carboxylic acids is 1. The predicted molar refractivity (Wildman–Crippen MR) is 147 cm³/mol. The van der Waals surface area contributed by atoms with Crippen molar-refractivity contribution in [3.63, 3.8) is 0 Å². The van der Waals surface area contributed by atoms with E-state index in [1.54, 1.807) is 0 Å². The zero-order valence-corrected chi connectivity index (χ0v) is 24.1. The number of aromatic nitrogens is 3. The van der Waals surface area contributed by atoms with Crippen LogP contribution in [-0.2, 0) is 16.0 Å². The van der Waals surface area contributed by atoms with Gasteiger partial charge in [0.1, 0.15) is 0 Å². The van der Waals surface area contributed by atoms with E-state index in [1.807, 2.05) is 40.9 Å². The Hall–Kier alpha value is -4.25. The van der Waals surface area contributed by atoms with Gasteiger partial charge in [0, 0.05) is 38.9 Å². The number of hydrogen-bond acceptors (Lipinski definition) is 7. The molecule has 45 heavy (non-hydrogen) atoms. The van der Waals surface area contributed by atoms with Crippen molar-refractivity contribution in [3.05, 3.63) is 65.6 Å². The van der Waals surface area contributed by atoms with Crippen molar-refractivity contribution < 1.29 is 50.9 Å². The maximum atomic E-state index is 12.7. The number of alkyl halides is 6. The van der Waals surface area contributed by atoms with Gasteiger partial charge in [0.2, 0.25) is 0 Å². The molecule has 0 bridgehead atoms. The number of carboxylic acids is 2. The number of hydrogen-bond donors (Lipinski definition) is 3. The standard InChI is InChI=1S/C24H30N6O.2C2HF3O2/c1-28-13-14-29(15-19-7-8-19)17-21(28)23-27-26-22-10-9-20(16-30(22)23)24(31)25-12-11-18-5-3-2-4-6-18;2*3-2(4,5)1(6)7/h2-6,9-10,16,19,21H,7-8,11-15,17H2,1H3,(H,25,31);2*(H,6,7). The second kappa shape index (κ2) is 15.2. The highest BCUT2D eigenvalue weighted by Crippen LogP contribution is 2.32. The van der Waals surface area contributed by atoms with E-state index in [0.29, 0.717) is 12.1 Å². The van der Waals surface area contributed by atoms with Crippen molar-refractivity contribution in [2.75, 3.05) is 39.8 Å². The molecule has 2 aliphatic rings. The van der Waals surface area contributed by atoms with Gasteiger partial charge in [0.05, 0.1) is 11.6 Å². The zero-order chi connectivity index (χ0) is 33.4. The minimum Gasteiger partial charge on any atom is -0.475 e. The molecule has 1 amide bonds. The summed E-state index contributed by atoms with van der Waals surface area (Å²) in [5.74, 6) is -3.79. The van der Waals surface area contributed by atoms with Crippen LogP contribution in [0.2, 0.25) is 0 Å². The van der Waals surface area contributed by atoms with E-state index in [1.165, 1.54) is 24.9 Å². The number of likely N-dealkylation sites (N-methyl/N-ethyl adjacent to an activating group) is 1. The molecule has 1 atom stereocenters. The van der Waals surface area contributed by atoms with E-state index in [9.17, 15) is 31.1 Å². The molecular formula is C28H32F6N6O5. The molecule has 5 rings (SSSR count). The summed E-state index contributed by atoms with van der Waals surface area (Å²) in [6, 6.07) is 14.1. The average molecular weight is 647 g/mol. The Bertz CT molecular complexity index is 1420. The molecule has 1 saturated carbocycles. The van der Waals surface area contributed by atoms with Gasteiger partial charge in [-0.3, -0.25) is 19.0 Å². The second-order valence-corrected chi connectivity index (χ2v) is 10.5. The van der Waals surface area contributed by atoms with Crippen LogP contribution in [-0.4, -0.2) is 105 Å². The molecule has 1 unspecified atom stereocenters. The predicted octanol–water partition coefficient (Wildman–Crippen LogP) is 3.67. The van der Waals surface area contributed by atoms with Gasteiger partial charge in [-0.25, -0.2) is 9.59 Å². The van der Waals surface area contributed by atoms with E-state index < -0.39 is 24.3 Å². The summed E-state index contributed by atoms with van der Waals surface area (Å²) in [5, 5.41) is 26.2. The molecule has 1 saturated heterocycles. The van der Waals surface area contributed by atoms with Crippen LogP contribution in [0.3, 0.4) is 0 Å². The van der Waals surface area contributed by atoms with Crippen molar-refractivity contribution in [1.82, 2.24) is 29.7 Å². The first-order valence-corrected chi connectivity index (χ1v) is 13.8. The summed E-state index contributed by atoms with van der Waals surface area (Å²) >= 11 is 0. The lowest BCUT2D eigenvalue weighted by molar-refractivity contribution is -0.193. The van der Waals surface area contributed by atoms with Gasteiger partial charge in [0.15, 0.2) is 11.5 Å². The maximum Gasteiger partial charge on any atom is 0.490 e. The van der Waals surface area contributed by atoms with E-state index in [0.717, 1.165) is 43.4 Å². The van der Waals surface area contributed by atoms with Crippen LogP contribution in [0.15, 0.2) is 48.7 Å². The number of rotatable bonds is 7. The van der Waals surface area contributed by atoms with Gasteiger partial charge in [-0.15, -0.1) is 10.2 Å². The smallest absolute Gasteiger partial charge is 0.475 e. The van der Waals surface area contributed by atoms with Gasteiger partial charge in [0.25, 0.3) is 5.91 Å². The Morgan fingerprint density at radius 3 is 2.07 bits per heavy atom. The maximum absolute atomic E-state index is 12.7. The fourth-order valence-corrected chi connectivity index (χ4v) is 4.38. The van der Waals surface area contributed by atoms with Crippen LogP contribution in [0.1, 0.15) is 40.6 Å². The van der Waals surface area contributed by atoms with Gasteiger partial charge in [-0.2, -0.15) is 26.3 Å². The van der Waals surface area contributed by atoms with Crippen molar-refractivity contribution in [1.29, 1.82) is 0 Å². The van der Waals surface area contributed by atoms with Gasteiger partial charge in [-0.1, -0.05) is 30.3 Å². The third kappa shape index (κ3) is 11.0. The zero-order valence-electron chi connectivity index (χ0n) is 24.1. The van der Waals surface area contributed by atoms with E-state index >= 15 is 0 Å². The summed E-state index contributed by atoms with van der Waals surface area (Å²) < 4.78 is 65.5. The third-order valence-corrected chi connectivity index (χ3v) is 6.96. The largest absolute Gasteiger partial charge is 0.490 e. The van der Waals surface area contributed by atoms with Crippen LogP contribution in [0, 0.1) is 5.92 Å². The topological polar surface area (TPSA) is 140 Å². The van der Waals surface area contributed by atoms with Crippen LogP contribution in [0.25, 0.3) is 5.65 Å². The summed E-state index contributed by atoms with van der Waals surface area (Å²) in [5.41, 5.74) is 2.63. The fraction of sp³-hybridized carbons (Fsp3) is 0.464. The third-order valence-electron chi connectivity index (χ3n) is 6.96. The Kier molecular flexibility index (Phi) is 11.9. The summed E-state index contributed by atoms with van der Waals surface area (Å²) in [6.45, 7) is 4.89. The quantitative estimate of drug-likeness (QED) is 0.328. The first-order valence-electron chi connectivity index (χ1n) is 13.8. The van der Waals surface area contributed by atoms with Gasteiger partial charge < -0.3 is 15.5 Å². The first-order chi connectivity index (χ1) is 21.1. The number of aliphatic carboxylic acids is 2. The van der Waals surface area contributed by atoms with Crippen LogP contribution in [0.4, 0.5) is 26.3 Å². The molecule has 2 fully saturated rings. The molecular weight excluding hydrogens is 614 g/mol. The number of benzene rings is 1. The molecule has 0 radical (unpaired) electrons. The molecule has 246 valence electrons. The normalized spacial score (nSPS) is 17.4. The average Bonchev–Trinajstić information content (AvgIpc) is 3.69. The lowest BCUT2D eigenvalue weighted by atomic mass is 10.1. The summed E-state index contributed by atoms with van der Waals surface area (Å²) in [6.07, 6.45) is -4.73. The van der Waals surface area contributed by atoms with Crippen LogP contribution < -0.4 is 5.32 Å². The van der Waals surface area contributed by atoms with E-state index in [4.69, 9.17) is 19.8 Å². The Morgan fingerprint density at radius 2 is 1.51 bits per heavy atom. The molecule has 2 aromatic heterocycles. The van der Waals surface area contributed by atoms with Gasteiger partial charge >= 0.3 is 24.3 Å². The van der Waals surface area contributed by atoms with Crippen molar-refractivity contribution in [2.45, 2.75) is 37.7 Å². The molecule has 3 N–H and O–H groups in total. The number of halogens is 6. The Morgan fingerprint density at radius 1 is 0.911 bits per heavy atom. The second-order valence-electron chi connectivity index (χ2n) is 10.5. The Balaban J connectivity index is 0.000000331. The van der Waals surface area contributed by atoms with Crippen LogP contribution >= 0.6 is 0 Å². The highest BCUT2D eigenvalue weighted by Gasteiger charge is 2.39. The number of piperazine rings is 1. The molecule has 1 aromatic carbocycles. The molecule has 1 aliphatic heterocycles. The molecule has 0 spiro atoms. The highest BCUT2D eigenvalue weighted by molar-refractivity contribution is 5.94. The molecule has 11 nitrogen and oxygen atoms in total. The monoisotopic (exact) mass is 646 g/mol. The number of carbonyl (C=O) groups is 3. The number of carboxylic acid groups (broad SMARTS) is 2. The molecule has 17 heteroatoms. The van der Waals surface area contributed by atoms with Crippen molar-refractivity contribution >= 4 is 23.5 Å². The summed E-state index contributed by atoms with van der Waals surface area (Å²) in [4.78, 5) is 35.5. The van der Waals surface area contributed by atoms with Crippen molar-refractivity contribution in [3.8, 4) is 0 Å². The SMILES string of the molecule is CN1CCN(CC2CC2)CC1c1nnc2ccc(C(=O)NCCc3ccccc3)cn12.O=C(O)C(F)(F)F.O=C(O)C(F)(F)F. The minimum absolute atomic E-state index is 0.0650. The first kappa shape index (κ1) is 35.2. The highest BCUT2D eigenvalue weighted by atomic mass is 19.4. The minimum atomic E-state index is -5.08. The van der Waals surface area contributed by atoms with E-state index in [-0.39, 0.29) is 11.9 Å². The van der Waals surface area contributed by atoms with Crippen molar-refractivity contribution in [2.24, 2.45) is 5.92 Å². The summed E-state index contributed by atoms with van der Waals surface area (Å²) in [7, 11) is 2.15. The number of fused-ring (bicyclic) bond motifs is 1. The number of nitrogens with one attached hydrogen (secondary N) is 1. The fourth-order valence-electron chi connectivity index (χ4n) is 4.38. The number of amides is 1. The molecule has 1 aliphatic carbocycles. The van der Waals surface area contributed by atoms with Gasteiger partial charge in [-0.05, 0) is 49.9 Å². The molecule has 3 aromatic rings. The van der Waals surface area contributed by atoms with E-state index in [2.05, 4.69) is 44.5 Å².